The van der Waals surface area contributed by atoms with E-state index in [1.54, 1.807) is 0 Å². The predicted octanol–water partition coefficient (Wildman–Crippen LogP) is 2.69. The molecule has 1 fully saturated rings. The van der Waals surface area contributed by atoms with Crippen LogP contribution >= 0.6 is 0 Å². The van der Waals surface area contributed by atoms with Gasteiger partial charge in [0.25, 0.3) is 0 Å². The van der Waals surface area contributed by atoms with Crippen molar-refractivity contribution in [2.24, 2.45) is 0 Å². The fourth-order valence-electron chi connectivity index (χ4n) is 2.55. The fraction of sp³-hybridized carbons (Fsp3) is 0.500. The number of rotatable bonds is 2. The Morgan fingerprint density at radius 3 is 2.45 bits per heavy atom. The SMILES string of the molecule is Cc1ccc(C)c(NC(=O)C(=O)NC2CCCCC2)c1. The van der Waals surface area contributed by atoms with Gasteiger partial charge in [-0.05, 0) is 43.9 Å². The van der Waals surface area contributed by atoms with Crippen molar-refractivity contribution in [1.82, 2.24) is 5.32 Å². The van der Waals surface area contributed by atoms with Gasteiger partial charge in [-0.25, -0.2) is 0 Å². The maximum atomic E-state index is 11.9. The van der Waals surface area contributed by atoms with Gasteiger partial charge in [-0.1, -0.05) is 31.4 Å². The third kappa shape index (κ3) is 3.83. The second kappa shape index (κ2) is 6.55. The Labute approximate surface area is 119 Å². The normalized spacial score (nSPS) is 15.7. The van der Waals surface area contributed by atoms with Gasteiger partial charge in [-0.3, -0.25) is 9.59 Å². The van der Waals surface area contributed by atoms with Crippen LogP contribution in [0.1, 0.15) is 43.2 Å². The average Bonchev–Trinajstić information content (AvgIpc) is 2.44. The van der Waals surface area contributed by atoms with E-state index in [0.29, 0.717) is 5.69 Å². The summed E-state index contributed by atoms with van der Waals surface area (Å²) in [5.41, 5.74) is 2.71. The molecule has 1 aliphatic rings. The van der Waals surface area contributed by atoms with Crippen molar-refractivity contribution in [3.63, 3.8) is 0 Å². The summed E-state index contributed by atoms with van der Waals surface area (Å²) in [6.45, 7) is 3.87. The van der Waals surface area contributed by atoms with Gasteiger partial charge in [0, 0.05) is 11.7 Å². The van der Waals surface area contributed by atoms with Crippen molar-refractivity contribution in [2.75, 3.05) is 5.32 Å². The summed E-state index contributed by atoms with van der Waals surface area (Å²) in [6, 6.07) is 5.94. The molecule has 1 aromatic carbocycles. The van der Waals surface area contributed by atoms with Crippen molar-refractivity contribution < 1.29 is 9.59 Å². The lowest BCUT2D eigenvalue weighted by molar-refractivity contribution is -0.136. The molecule has 0 radical (unpaired) electrons. The Kier molecular flexibility index (Phi) is 4.77. The summed E-state index contributed by atoms with van der Waals surface area (Å²) in [6.07, 6.45) is 5.43. The van der Waals surface area contributed by atoms with E-state index in [0.717, 1.165) is 36.8 Å². The van der Waals surface area contributed by atoms with Gasteiger partial charge >= 0.3 is 11.8 Å². The molecule has 0 aliphatic heterocycles. The lowest BCUT2D eigenvalue weighted by Crippen LogP contribution is -2.42. The van der Waals surface area contributed by atoms with Gasteiger partial charge in [-0.2, -0.15) is 0 Å². The molecule has 0 unspecified atom stereocenters. The highest BCUT2D eigenvalue weighted by Crippen LogP contribution is 2.18. The second-order valence-corrected chi connectivity index (χ2v) is 5.58. The molecule has 2 N–H and O–H groups in total. The number of hydrogen-bond acceptors (Lipinski definition) is 2. The van der Waals surface area contributed by atoms with Crippen LogP contribution in [0.3, 0.4) is 0 Å². The van der Waals surface area contributed by atoms with E-state index in [9.17, 15) is 9.59 Å². The molecule has 0 saturated heterocycles. The van der Waals surface area contributed by atoms with Crippen LogP contribution in [0.2, 0.25) is 0 Å². The molecular formula is C16H22N2O2. The highest BCUT2D eigenvalue weighted by molar-refractivity contribution is 6.39. The molecule has 4 heteroatoms. The number of carbonyl (C=O) groups is 2. The zero-order valence-corrected chi connectivity index (χ0v) is 12.2. The molecule has 108 valence electrons. The maximum Gasteiger partial charge on any atom is 0.313 e. The van der Waals surface area contributed by atoms with Gasteiger partial charge < -0.3 is 10.6 Å². The van der Waals surface area contributed by atoms with Gasteiger partial charge in [-0.15, -0.1) is 0 Å². The van der Waals surface area contributed by atoms with E-state index in [2.05, 4.69) is 10.6 Å². The van der Waals surface area contributed by atoms with E-state index in [-0.39, 0.29) is 6.04 Å². The van der Waals surface area contributed by atoms with Crippen molar-refractivity contribution in [1.29, 1.82) is 0 Å². The monoisotopic (exact) mass is 274 g/mol. The Morgan fingerprint density at radius 1 is 1.05 bits per heavy atom. The second-order valence-electron chi connectivity index (χ2n) is 5.58. The molecule has 1 saturated carbocycles. The molecule has 20 heavy (non-hydrogen) atoms. The van der Waals surface area contributed by atoms with E-state index in [1.807, 2.05) is 32.0 Å². The van der Waals surface area contributed by atoms with Crippen LogP contribution in [0.5, 0.6) is 0 Å². The molecule has 0 atom stereocenters. The fourth-order valence-corrected chi connectivity index (χ4v) is 2.55. The summed E-state index contributed by atoms with van der Waals surface area (Å²) >= 11 is 0. The zero-order valence-electron chi connectivity index (χ0n) is 12.2. The molecular weight excluding hydrogens is 252 g/mol. The first-order chi connectivity index (χ1) is 9.56. The van der Waals surface area contributed by atoms with Crippen molar-refractivity contribution in [3.8, 4) is 0 Å². The third-order valence-electron chi connectivity index (χ3n) is 3.79. The van der Waals surface area contributed by atoms with E-state index in [1.165, 1.54) is 6.42 Å². The van der Waals surface area contributed by atoms with Crippen LogP contribution < -0.4 is 10.6 Å². The van der Waals surface area contributed by atoms with E-state index in [4.69, 9.17) is 0 Å². The van der Waals surface area contributed by atoms with E-state index < -0.39 is 11.8 Å². The first-order valence-electron chi connectivity index (χ1n) is 7.25. The quantitative estimate of drug-likeness (QED) is 0.815. The van der Waals surface area contributed by atoms with Crippen LogP contribution in [0, 0.1) is 13.8 Å². The molecule has 0 aromatic heterocycles. The molecule has 0 bridgehead atoms. The van der Waals surface area contributed by atoms with Gasteiger partial charge in [0.15, 0.2) is 0 Å². The summed E-state index contributed by atoms with van der Waals surface area (Å²) in [5.74, 6) is -1.11. The zero-order chi connectivity index (χ0) is 14.5. The summed E-state index contributed by atoms with van der Waals surface area (Å²) < 4.78 is 0. The number of anilines is 1. The molecule has 1 aromatic rings. The third-order valence-corrected chi connectivity index (χ3v) is 3.79. The highest BCUT2D eigenvalue weighted by atomic mass is 16.2. The first-order valence-corrected chi connectivity index (χ1v) is 7.25. The molecule has 0 heterocycles. The Balaban J connectivity index is 1.93. The largest absolute Gasteiger partial charge is 0.345 e. The minimum absolute atomic E-state index is 0.153. The molecule has 2 rings (SSSR count). The Morgan fingerprint density at radius 2 is 1.75 bits per heavy atom. The van der Waals surface area contributed by atoms with Gasteiger partial charge in [0.05, 0.1) is 0 Å². The number of benzene rings is 1. The Bertz CT molecular complexity index is 505. The minimum atomic E-state index is -0.579. The molecule has 2 amide bonds. The Hall–Kier alpha value is -1.84. The summed E-state index contributed by atoms with van der Waals surface area (Å²) in [5, 5.41) is 5.51. The minimum Gasteiger partial charge on any atom is -0.345 e. The van der Waals surface area contributed by atoms with Gasteiger partial charge in [0.2, 0.25) is 0 Å². The van der Waals surface area contributed by atoms with Crippen molar-refractivity contribution >= 4 is 17.5 Å². The summed E-state index contributed by atoms with van der Waals surface area (Å²) in [4.78, 5) is 23.8. The van der Waals surface area contributed by atoms with Crippen LogP contribution in [0.25, 0.3) is 0 Å². The number of nitrogens with one attached hydrogen (secondary N) is 2. The van der Waals surface area contributed by atoms with Crippen LogP contribution in [0.4, 0.5) is 5.69 Å². The van der Waals surface area contributed by atoms with Crippen LogP contribution in [-0.2, 0) is 9.59 Å². The van der Waals surface area contributed by atoms with Crippen LogP contribution in [-0.4, -0.2) is 17.9 Å². The smallest absolute Gasteiger partial charge is 0.313 e. The lowest BCUT2D eigenvalue weighted by Gasteiger charge is -2.22. The summed E-state index contributed by atoms with van der Waals surface area (Å²) in [7, 11) is 0. The number of hydrogen-bond donors (Lipinski definition) is 2. The molecule has 0 spiro atoms. The topological polar surface area (TPSA) is 58.2 Å². The molecule has 4 nitrogen and oxygen atoms in total. The average molecular weight is 274 g/mol. The number of aryl methyl sites for hydroxylation is 2. The number of carbonyl (C=O) groups excluding carboxylic acids is 2. The maximum absolute atomic E-state index is 11.9. The van der Waals surface area contributed by atoms with Crippen molar-refractivity contribution in [2.45, 2.75) is 52.0 Å². The van der Waals surface area contributed by atoms with Gasteiger partial charge in [0.1, 0.15) is 0 Å². The van der Waals surface area contributed by atoms with Crippen molar-refractivity contribution in [3.05, 3.63) is 29.3 Å². The van der Waals surface area contributed by atoms with E-state index >= 15 is 0 Å². The highest BCUT2D eigenvalue weighted by Gasteiger charge is 2.20. The molecule has 1 aliphatic carbocycles. The number of amides is 2. The lowest BCUT2D eigenvalue weighted by atomic mass is 9.95. The first kappa shape index (κ1) is 14.6. The standard InChI is InChI=1S/C16H22N2O2/c1-11-8-9-12(2)14(10-11)18-16(20)15(19)17-13-6-4-3-5-7-13/h8-10,13H,3-7H2,1-2H3,(H,17,19)(H,18,20). The predicted molar refractivity (Wildman–Crippen MR) is 79.6 cm³/mol. The van der Waals surface area contributed by atoms with Crippen LogP contribution in [0.15, 0.2) is 18.2 Å².